The van der Waals surface area contributed by atoms with E-state index in [9.17, 15) is 9.59 Å². The number of benzene rings is 1. The van der Waals surface area contributed by atoms with Gasteiger partial charge in [-0.3, -0.25) is 4.79 Å². The minimum Gasteiger partial charge on any atom is -0.493 e. The number of ether oxygens (including phenoxy) is 3. The molecule has 160 valence electrons. The van der Waals surface area contributed by atoms with E-state index < -0.39 is 0 Å². The number of aromatic amines is 1. The summed E-state index contributed by atoms with van der Waals surface area (Å²) < 4.78 is 16.5. The number of esters is 1. The molecule has 0 bridgehead atoms. The summed E-state index contributed by atoms with van der Waals surface area (Å²) in [5, 5.41) is 0. The number of H-pyrrole nitrogens is 1. The van der Waals surface area contributed by atoms with Crippen molar-refractivity contribution in [1.82, 2.24) is 4.98 Å². The lowest BCUT2D eigenvalue weighted by Crippen LogP contribution is -2.21. The van der Waals surface area contributed by atoms with Gasteiger partial charge in [-0.2, -0.15) is 0 Å². The molecule has 2 aliphatic rings. The molecule has 6 heteroatoms. The van der Waals surface area contributed by atoms with Gasteiger partial charge in [-0.25, -0.2) is 4.79 Å². The molecule has 1 atom stereocenters. The van der Waals surface area contributed by atoms with Crippen LogP contribution in [0.1, 0.15) is 82.1 Å². The van der Waals surface area contributed by atoms with Gasteiger partial charge >= 0.3 is 5.97 Å². The number of fused-ring (bicyclic) bond motifs is 1. The Balaban J connectivity index is 1.57. The zero-order chi connectivity index (χ0) is 21.3. The van der Waals surface area contributed by atoms with Crippen molar-refractivity contribution in [2.75, 3.05) is 14.2 Å². The van der Waals surface area contributed by atoms with E-state index in [1.54, 1.807) is 14.2 Å². The summed E-state index contributed by atoms with van der Waals surface area (Å²) in [6, 6.07) is 5.76. The Morgan fingerprint density at radius 3 is 2.47 bits per heavy atom. The zero-order valence-electron chi connectivity index (χ0n) is 17.9. The first-order valence-electron chi connectivity index (χ1n) is 10.7. The summed E-state index contributed by atoms with van der Waals surface area (Å²) in [5.74, 6) is 1.04. The fourth-order valence-corrected chi connectivity index (χ4v) is 4.77. The van der Waals surface area contributed by atoms with E-state index in [0.29, 0.717) is 41.2 Å². The van der Waals surface area contributed by atoms with Crippen molar-refractivity contribution in [3.8, 4) is 11.5 Å². The third-order valence-electron chi connectivity index (χ3n) is 6.40. The number of aromatic nitrogens is 1. The molecule has 0 saturated heterocycles. The van der Waals surface area contributed by atoms with Gasteiger partial charge in [-0.05, 0) is 68.2 Å². The Labute approximate surface area is 176 Å². The molecule has 1 N–H and O–H groups in total. The molecule has 30 heavy (non-hydrogen) atoms. The molecule has 0 amide bonds. The molecule has 1 fully saturated rings. The fraction of sp³-hybridized carbons (Fsp3) is 0.500. The maximum atomic E-state index is 13.0. The maximum absolute atomic E-state index is 13.0. The van der Waals surface area contributed by atoms with Crippen LogP contribution in [-0.4, -0.2) is 37.1 Å². The van der Waals surface area contributed by atoms with Crippen LogP contribution in [0, 0.1) is 6.92 Å². The van der Waals surface area contributed by atoms with Crippen LogP contribution in [0.2, 0.25) is 0 Å². The number of methoxy groups -OCH3 is 2. The Morgan fingerprint density at radius 1 is 1.03 bits per heavy atom. The predicted molar refractivity (Wildman–Crippen MR) is 113 cm³/mol. The van der Waals surface area contributed by atoms with Gasteiger partial charge in [-0.1, -0.05) is 12.5 Å². The lowest BCUT2D eigenvalue weighted by Gasteiger charge is -2.23. The monoisotopic (exact) mass is 411 g/mol. The smallest absolute Gasteiger partial charge is 0.355 e. The van der Waals surface area contributed by atoms with Gasteiger partial charge < -0.3 is 19.2 Å². The lowest BCUT2D eigenvalue weighted by molar-refractivity contribution is 0.0204. The molecule has 1 aromatic heterocycles. The van der Waals surface area contributed by atoms with Crippen LogP contribution in [0.5, 0.6) is 11.5 Å². The molecule has 1 saturated carbocycles. The molecule has 0 unspecified atom stereocenters. The number of nitrogens with one attached hydrogen (secondary N) is 1. The summed E-state index contributed by atoms with van der Waals surface area (Å²) in [6.45, 7) is 1.83. The fourth-order valence-electron chi connectivity index (χ4n) is 4.77. The highest BCUT2D eigenvalue weighted by Crippen LogP contribution is 2.38. The van der Waals surface area contributed by atoms with Gasteiger partial charge in [0.05, 0.1) is 14.2 Å². The van der Waals surface area contributed by atoms with E-state index in [-0.39, 0.29) is 23.8 Å². The van der Waals surface area contributed by atoms with Crippen LogP contribution >= 0.6 is 0 Å². The predicted octanol–water partition coefficient (Wildman–Crippen LogP) is 4.74. The Bertz CT molecular complexity index is 955. The number of Topliss-reactive ketones (excluding diaryl/α,β-unsaturated/α-hetero) is 1. The van der Waals surface area contributed by atoms with Gasteiger partial charge in [0.1, 0.15) is 11.8 Å². The SMILES string of the molecule is COc1ccc([C@@H]2CC(=O)c3c([nH]c(C(=O)OC4CCCCC4)c3C)C2)cc1OC. The number of rotatable bonds is 5. The highest BCUT2D eigenvalue weighted by molar-refractivity contribution is 6.03. The largest absolute Gasteiger partial charge is 0.493 e. The standard InChI is InChI=1S/C24H29NO5/c1-14-22-18(25-23(14)24(27)30-17-7-5-4-6-8-17)11-16(12-19(22)26)15-9-10-20(28-2)21(13-15)29-3/h9-10,13,16-17,25H,4-8,11-12H2,1-3H3/t16-/m0/s1. The zero-order valence-corrected chi connectivity index (χ0v) is 17.9. The van der Waals surface area contributed by atoms with Crippen molar-refractivity contribution in [2.24, 2.45) is 0 Å². The molecule has 0 aliphatic heterocycles. The van der Waals surface area contributed by atoms with Crippen molar-refractivity contribution < 1.29 is 23.8 Å². The second kappa shape index (κ2) is 8.54. The van der Waals surface area contributed by atoms with Crippen molar-refractivity contribution >= 4 is 11.8 Å². The van der Waals surface area contributed by atoms with Crippen molar-refractivity contribution in [3.63, 3.8) is 0 Å². The normalized spacial score (nSPS) is 19.3. The summed E-state index contributed by atoms with van der Waals surface area (Å²) in [4.78, 5) is 29.0. The van der Waals surface area contributed by atoms with Crippen LogP contribution in [0.25, 0.3) is 0 Å². The highest BCUT2D eigenvalue weighted by Gasteiger charge is 2.33. The molecule has 0 radical (unpaired) electrons. The van der Waals surface area contributed by atoms with E-state index in [1.165, 1.54) is 6.42 Å². The van der Waals surface area contributed by atoms with Crippen LogP contribution in [0.4, 0.5) is 0 Å². The van der Waals surface area contributed by atoms with E-state index in [1.807, 2.05) is 25.1 Å². The number of ketones is 1. The molecular weight excluding hydrogens is 382 g/mol. The summed E-state index contributed by atoms with van der Waals surface area (Å²) >= 11 is 0. The van der Waals surface area contributed by atoms with Crippen molar-refractivity contribution in [2.45, 2.75) is 63.9 Å². The molecule has 2 aromatic rings. The number of carbonyl (C=O) groups excluding carboxylic acids is 2. The quantitative estimate of drug-likeness (QED) is 0.719. The lowest BCUT2D eigenvalue weighted by atomic mass is 9.81. The first kappa shape index (κ1) is 20.5. The summed E-state index contributed by atoms with van der Waals surface area (Å²) in [7, 11) is 3.20. The molecule has 6 nitrogen and oxygen atoms in total. The molecule has 1 heterocycles. The molecule has 0 spiro atoms. The van der Waals surface area contributed by atoms with E-state index in [2.05, 4.69) is 4.98 Å². The summed E-state index contributed by atoms with van der Waals surface area (Å²) in [6.07, 6.45) is 6.30. The van der Waals surface area contributed by atoms with Gasteiger partial charge in [0.2, 0.25) is 0 Å². The van der Waals surface area contributed by atoms with Gasteiger partial charge in [0.25, 0.3) is 0 Å². The molecule has 4 rings (SSSR count). The first-order valence-corrected chi connectivity index (χ1v) is 10.7. The third-order valence-corrected chi connectivity index (χ3v) is 6.40. The number of carbonyl (C=O) groups is 2. The van der Waals surface area contributed by atoms with E-state index in [0.717, 1.165) is 36.9 Å². The number of hydrogen-bond donors (Lipinski definition) is 1. The first-order chi connectivity index (χ1) is 14.5. The molecule has 1 aromatic carbocycles. The van der Waals surface area contributed by atoms with Crippen LogP contribution < -0.4 is 9.47 Å². The summed E-state index contributed by atoms with van der Waals surface area (Å²) in [5.41, 5.74) is 3.63. The second-order valence-electron chi connectivity index (χ2n) is 8.29. The van der Waals surface area contributed by atoms with Crippen molar-refractivity contribution in [3.05, 3.63) is 46.3 Å². The van der Waals surface area contributed by atoms with Crippen LogP contribution in [-0.2, 0) is 11.2 Å². The Kier molecular flexibility index (Phi) is 5.84. The Morgan fingerprint density at radius 2 is 1.77 bits per heavy atom. The topological polar surface area (TPSA) is 77.6 Å². The average Bonchev–Trinajstić information content (AvgIpc) is 3.11. The number of hydrogen-bond acceptors (Lipinski definition) is 5. The van der Waals surface area contributed by atoms with Crippen LogP contribution in [0.15, 0.2) is 18.2 Å². The average molecular weight is 411 g/mol. The van der Waals surface area contributed by atoms with Crippen LogP contribution in [0.3, 0.4) is 0 Å². The van der Waals surface area contributed by atoms with E-state index >= 15 is 0 Å². The Hall–Kier alpha value is -2.76. The van der Waals surface area contributed by atoms with Gasteiger partial charge in [0, 0.05) is 17.7 Å². The van der Waals surface area contributed by atoms with Crippen molar-refractivity contribution in [1.29, 1.82) is 0 Å². The minimum absolute atomic E-state index is 0.0128. The van der Waals surface area contributed by atoms with Gasteiger partial charge in [-0.15, -0.1) is 0 Å². The van der Waals surface area contributed by atoms with E-state index in [4.69, 9.17) is 14.2 Å². The molecule has 2 aliphatic carbocycles. The van der Waals surface area contributed by atoms with Gasteiger partial charge in [0.15, 0.2) is 17.3 Å². The highest BCUT2D eigenvalue weighted by atomic mass is 16.5. The minimum atomic E-state index is -0.343. The molecular formula is C24H29NO5. The second-order valence-corrected chi connectivity index (χ2v) is 8.29. The maximum Gasteiger partial charge on any atom is 0.355 e. The third kappa shape index (κ3) is 3.83.